The fourth-order valence-corrected chi connectivity index (χ4v) is 2.77. The number of rotatable bonds is 5. The van der Waals surface area contributed by atoms with E-state index in [0.717, 1.165) is 18.6 Å². The Morgan fingerprint density at radius 1 is 1.12 bits per heavy atom. The smallest absolute Gasteiger partial charge is 0.0545 e. The van der Waals surface area contributed by atoms with Gasteiger partial charge in [-0.05, 0) is 35.7 Å². The molecule has 0 saturated carbocycles. The lowest BCUT2D eigenvalue weighted by molar-refractivity contribution is 0.167. The zero-order chi connectivity index (χ0) is 12.1. The van der Waals surface area contributed by atoms with Crippen LogP contribution in [0.1, 0.15) is 19.8 Å². The molecule has 0 amide bonds. The summed E-state index contributed by atoms with van der Waals surface area (Å²) in [6, 6.07) is 14.9. The van der Waals surface area contributed by atoms with Crippen molar-refractivity contribution in [1.82, 2.24) is 0 Å². The van der Waals surface area contributed by atoms with Crippen molar-refractivity contribution in [1.29, 1.82) is 0 Å². The molecule has 1 N–H and O–H groups in total. The highest BCUT2D eigenvalue weighted by atomic mass is 32.2. The van der Waals surface area contributed by atoms with Gasteiger partial charge in [-0.3, -0.25) is 0 Å². The first kappa shape index (κ1) is 12.5. The monoisotopic (exact) mass is 246 g/mol. The molecule has 0 aromatic heterocycles. The molecule has 0 heterocycles. The molecule has 2 heteroatoms. The Balaban J connectivity index is 1.99. The van der Waals surface area contributed by atoms with Gasteiger partial charge in [0.1, 0.15) is 0 Å². The molecular weight excluding hydrogens is 228 g/mol. The minimum Gasteiger partial charge on any atom is -0.393 e. The Labute approximate surface area is 107 Å². The number of benzene rings is 2. The topological polar surface area (TPSA) is 20.2 Å². The third kappa shape index (κ3) is 3.48. The van der Waals surface area contributed by atoms with E-state index >= 15 is 0 Å². The van der Waals surface area contributed by atoms with E-state index in [4.69, 9.17) is 0 Å². The Morgan fingerprint density at radius 3 is 2.65 bits per heavy atom. The van der Waals surface area contributed by atoms with E-state index in [1.54, 1.807) is 0 Å². The summed E-state index contributed by atoms with van der Waals surface area (Å²) >= 11 is 1.82. The zero-order valence-electron chi connectivity index (χ0n) is 10.1. The van der Waals surface area contributed by atoms with Crippen molar-refractivity contribution in [2.75, 3.05) is 5.75 Å². The normalized spacial score (nSPS) is 12.8. The maximum absolute atomic E-state index is 9.49. The molecule has 0 saturated heterocycles. The van der Waals surface area contributed by atoms with Crippen LogP contribution in [0.3, 0.4) is 0 Å². The second kappa shape index (κ2) is 6.08. The molecule has 0 radical (unpaired) electrons. The van der Waals surface area contributed by atoms with Gasteiger partial charge in [0.15, 0.2) is 0 Å². The van der Waals surface area contributed by atoms with Gasteiger partial charge < -0.3 is 5.11 Å². The number of aliphatic hydroxyl groups is 1. The van der Waals surface area contributed by atoms with Crippen molar-refractivity contribution in [3.05, 3.63) is 42.5 Å². The van der Waals surface area contributed by atoms with Crippen LogP contribution in [0.15, 0.2) is 47.4 Å². The fraction of sp³-hybridized carbons (Fsp3) is 0.333. The van der Waals surface area contributed by atoms with E-state index in [9.17, 15) is 5.11 Å². The second-order valence-electron chi connectivity index (χ2n) is 4.21. The largest absolute Gasteiger partial charge is 0.393 e. The van der Waals surface area contributed by atoms with Crippen molar-refractivity contribution in [2.24, 2.45) is 0 Å². The zero-order valence-corrected chi connectivity index (χ0v) is 10.9. The van der Waals surface area contributed by atoms with Gasteiger partial charge >= 0.3 is 0 Å². The van der Waals surface area contributed by atoms with E-state index in [1.165, 1.54) is 15.7 Å². The summed E-state index contributed by atoms with van der Waals surface area (Å²) in [5, 5.41) is 12.1. The minimum atomic E-state index is -0.150. The van der Waals surface area contributed by atoms with Crippen molar-refractivity contribution in [2.45, 2.75) is 30.8 Å². The number of hydrogen-bond acceptors (Lipinski definition) is 2. The lowest BCUT2D eigenvalue weighted by Gasteiger charge is -2.07. The molecule has 0 fully saturated rings. The summed E-state index contributed by atoms with van der Waals surface area (Å²) in [5.41, 5.74) is 0. The first-order chi connectivity index (χ1) is 8.29. The molecule has 1 atom stereocenters. The van der Waals surface area contributed by atoms with Gasteiger partial charge in [-0.15, -0.1) is 11.8 Å². The Bertz CT molecular complexity index is 481. The van der Waals surface area contributed by atoms with E-state index in [2.05, 4.69) is 42.5 Å². The van der Waals surface area contributed by atoms with Crippen molar-refractivity contribution in [3.63, 3.8) is 0 Å². The molecule has 1 unspecified atom stereocenters. The summed E-state index contributed by atoms with van der Waals surface area (Å²) in [6.45, 7) is 2.02. The molecule has 2 aromatic carbocycles. The van der Waals surface area contributed by atoms with Crippen LogP contribution in [0.2, 0.25) is 0 Å². The van der Waals surface area contributed by atoms with Gasteiger partial charge in [0.05, 0.1) is 6.10 Å². The Hall–Kier alpha value is -0.990. The predicted octanol–water partition coefficient (Wildman–Crippen LogP) is 4.09. The first-order valence-corrected chi connectivity index (χ1v) is 7.08. The number of thioether (sulfide) groups is 1. The molecule has 90 valence electrons. The van der Waals surface area contributed by atoms with E-state index < -0.39 is 0 Å². The molecule has 0 spiro atoms. The summed E-state index contributed by atoms with van der Waals surface area (Å²) in [6.07, 6.45) is 1.56. The highest BCUT2D eigenvalue weighted by molar-refractivity contribution is 7.99. The number of aliphatic hydroxyl groups excluding tert-OH is 1. The van der Waals surface area contributed by atoms with Crippen molar-refractivity contribution < 1.29 is 5.11 Å². The van der Waals surface area contributed by atoms with Crippen LogP contribution in [0.25, 0.3) is 10.8 Å². The standard InChI is InChI=1S/C15H18OS/c1-2-14(16)9-10-17-15-8-7-12-5-3-4-6-13(12)11-15/h3-8,11,14,16H,2,9-10H2,1H3. The summed E-state index contributed by atoms with van der Waals surface area (Å²) in [7, 11) is 0. The van der Waals surface area contributed by atoms with Crippen LogP contribution in [0, 0.1) is 0 Å². The fourth-order valence-electron chi connectivity index (χ4n) is 1.77. The van der Waals surface area contributed by atoms with Crippen LogP contribution in [0.5, 0.6) is 0 Å². The highest BCUT2D eigenvalue weighted by Gasteiger charge is 2.01. The molecule has 17 heavy (non-hydrogen) atoms. The Kier molecular flexibility index (Phi) is 4.46. The minimum absolute atomic E-state index is 0.150. The lowest BCUT2D eigenvalue weighted by atomic mass is 10.1. The van der Waals surface area contributed by atoms with E-state index in [-0.39, 0.29) is 6.10 Å². The van der Waals surface area contributed by atoms with Crippen LogP contribution in [-0.2, 0) is 0 Å². The molecule has 1 nitrogen and oxygen atoms in total. The lowest BCUT2D eigenvalue weighted by Crippen LogP contribution is -2.04. The summed E-state index contributed by atoms with van der Waals surface area (Å²) < 4.78 is 0. The van der Waals surface area contributed by atoms with Gasteiger partial charge in [0, 0.05) is 10.6 Å². The van der Waals surface area contributed by atoms with Gasteiger partial charge in [-0.1, -0.05) is 37.3 Å². The van der Waals surface area contributed by atoms with Gasteiger partial charge in [0.2, 0.25) is 0 Å². The van der Waals surface area contributed by atoms with Crippen LogP contribution < -0.4 is 0 Å². The Morgan fingerprint density at radius 2 is 1.88 bits per heavy atom. The third-order valence-electron chi connectivity index (χ3n) is 2.91. The highest BCUT2D eigenvalue weighted by Crippen LogP contribution is 2.24. The molecular formula is C15H18OS. The molecule has 0 aliphatic carbocycles. The predicted molar refractivity (Wildman–Crippen MR) is 75.6 cm³/mol. The van der Waals surface area contributed by atoms with Crippen LogP contribution in [0.4, 0.5) is 0 Å². The molecule has 2 aromatic rings. The maximum Gasteiger partial charge on any atom is 0.0545 e. The van der Waals surface area contributed by atoms with Crippen molar-refractivity contribution >= 4 is 22.5 Å². The first-order valence-electron chi connectivity index (χ1n) is 6.09. The van der Waals surface area contributed by atoms with Crippen molar-refractivity contribution in [3.8, 4) is 0 Å². The number of fused-ring (bicyclic) bond motifs is 1. The maximum atomic E-state index is 9.49. The molecule has 0 aliphatic rings. The van der Waals surface area contributed by atoms with E-state index in [1.807, 2.05) is 18.7 Å². The molecule has 0 aliphatic heterocycles. The second-order valence-corrected chi connectivity index (χ2v) is 5.38. The summed E-state index contributed by atoms with van der Waals surface area (Å²) in [4.78, 5) is 1.28. The van der Waals surface area contributed by atoms with Crippen LogP contribution >= 0.6 is 11.8 Å². The number of hydrogen-bond donors (Lipinski definition) is 1. The average Bonchev–Trinajstić information content (AvgIpc) is 2.38. The molecule has 0 bridgehead atoms. The molecule has 2 rings (SSSR count). The van der Waals surface area contributed by atoms with Gasteiger partial charge in [-0.25, -0.2) is 0 Å². The van der Waals surface area contributed by atoms with Gasteiger partial charge in [-0.2, -0.15) is 0 Å². The van der Waals surface area contributed by atoms with Crippen LogP contribution in [-0.4, -0.2) is 17.0 Å². The van der Waals surface area contributed by atoms with E-state index in [0.29, 0.717) is 0 Å². The van der Waals surface area contributed by atoms with Gasteiger partial charge in [0.25, 0.3) is 0 Å². The average molecular weight is 246 g/mol. The SMILES string of the molecule is CCC(O)CCSc1ccc2ccccc2c1. The quantitative estimate of drug-likeness (QED) is 0.802. The summed E-state index contributed by atoms with van der Waals surface area (Å²) in [5.74, 6) is 0.980. The third-order valence-corrected chi connectivity index (χ3v) is 3.94.